The molecule has 88 valence electrons. The Morgan fingerprint density at radius 3 is 2.73 bits per heavy atom. The fourth-order valence-electron chi connectivity index (χ4n) is 2.91. The molecule has 15 heavy (non-hydrogen) atoms. The SMILES string of the molecule is CC1CCCC(NCC2(CCO)CC2)C1. The van der Waals surface area contributed by atoms with E-state index in [1.165, 1.54) is 38.5 Å². The number of hydrogen-bond acceptors (Lipinski definition) is 2. The lowest BCUT2D eigenvalue weighted by atomic mass is 9.86. The first kappa shape index (κ1) is 11.4. The molecule has 0 aromatic rings. The fourth-order valence-corrected chi connectivity index (χ4v) is 2.91. The number of aliphatic hydroxyl groups is 1. The zero-order valence-electron chi connectivity index (χ0n) is 9.97. The second-order valence-electron chi connectivity index (χ2n) is 5.82. The standard InChI is InChI=1S/C13H25NO/c1-11-3-2-4-12(9-11)14-10-13(5-6-13)7-8-15/h11-12,14-15H,2-10H2,1H3. The third-order valence-electron chi connectivity index (χ3n) is 4.30. The quantitative estimate of drug-likeness (QED) is 0.731. The Bertz CT molecular complexity index is 201. The summed E-state index contributed by atoms with van der Waals surface area (Å²) >= 11 is 0. The van der Waals surface area contributed by atoms with Crippen LogP contribution in [0.1, 0.15) is 51.9 Å². The van der Waals surface area contributed by atoms with Gasteiger partial charge in [0.15, 0.2) is 0 Å². The van der Waals surface area contributed by atoms with Crippen molar-refractivity contribution in [3.63, 3.8) is 0 Å². The molecule has 2 nitrogen and oxygen atoms in total. The van der Waals surface area contributed by atoms with Gasteiger partial charge in [0.2, 0.25) is 0 Å². The average molecular weight is 211 g/mol. The summed E-state index contributed by atoms with van der Waals surface area (Å²) in [6, 6.07) is 0.755. The molecule has 2 saturated carbocycles. The van der Waals surface area contributed by atoms with Crippen LogP contribution < -0.4 is 5.32 Å². The number of nitrogens with one attached hydrogen (secondary N) is 1. The molecule has 2 rings (SSSR count). The van der Waals surface area contributed by atoms with E-state index in [1.54, 1.807) is 0 Å². The Kier molecular flexibility index (Phi) is 3.68. The summed E-state index contributed by atoms with van der Waals surface area (Å²) in [6.07, 6.45) is 9.18. The van der Waals surface area contributed by atoms with E-state index in [0.29, 0.717) is 12.0 Å². The van der Waals surface area contributed by atoms with E-state index < -0.39 is 0 Å². The van der Waals surface area contributed by atoms with Crippen LogP contribution in [-0.2, 0) is 0 Å². The van der Waals surface area contributed by atoms with Crippen molar-refractivity contribution in [3.05, 3.63) is 0 Å². The van der Waals surface area contributed by atoms with Gasteiger partial charge in [0.25, 0.3) is 0 Å². The van der Waals surface area contributed by atoms with Gasteiger partial charge >= 0.3 is 0 Å². The molecule has 0 aromatic carbocycles. The van der Waals surface area contributed by atoms with Crippen molar-refractivity contribution in [2.75, 3.05) is 13.2 Å². The van der Waals surface area contributed by atoms with Crippen LogP contribution in [0.25, 0.3) is 0 Å². The van der Waals surface area contributed by atoms with Crippen LogP contribution >= 0.6 is 0 Å². The van der Waals surface area contributed by atoms with E-state index in [1.807, 2.05) is 0 Å². The minimum absolute atomic E-state index is 0.364. The predicted molar refractivity (Wildman–Crippen MR) is 62.8 cm³/mol. The maximum Gasteiger partial charge on any atom is 0.0436 e. The molecule has 2 aliphatic rings. The molecule has 0 saturated heterocycles. The minimum atomic E-state index is 0.364. The first-order valence-corrected chi connectivity index (χ1v) is 6.58. The molecular formula is C13H25NO. The monoisotopic (exact) mass is 211 g/mol. The zero-order chi connectivity index (χ0) is 10.7. The Hall–Kier alpha value is -0.0800. The molecule has 2 atom stereocenters. The van der Waals surface area contributed by atoms with E-state index in [2.05, 4.69) is 12.2 Å². The first-order chi connectivity index (χ1) is 7.24. The Morgan fingerprint density at radius 2 is 2.13 bits per heavy atom. The third-order valence-corrected chi connectivity index (χ3v) is 4.30. The molecule has 2 aliphatic carbocycles. The van der Waals surface area contributed by atoms with Crippen molar-refractivity contribution < 1.29 is 5.11 Å². The van der Waals surface area contributed by atoms with Crippen LogP contribution in [0, 0.1) is 11.3 Å². The van der Waals surface area contributed by atoms with Gasteiger partial charge in [-0.2, -0.15) is 0 Å². The molecule has 0 radical (unpaired) electrons. The summed E-state index contributed by atoms with van der Waals surface area (Å²) in [5, 5.41) is 12.7. The molecule has 0 heterocycles. The van der Waals surface area contributed by atoms with Gasteiger partial charge in [0.1, 0.15) is 0 Å². The van der Waals surface area contributed by atoms with Gasteiger partial charge in [0.05, 0.1) is 0 Å². The minimum Gasteiger partial charge on any atom is -0.396 e. The van der Waals surface area contributed by atoms with Crippen LogP contribution in [0.2, 0.25) is 0 Å². The van der Waals surface area contributed by atoms with Crippen LogP contribution in [0.3, 0.4) is 0 Å². The summed E-state index contributed by atoms with van der Waals surface area (Å²) < 4.78 is 0. The second-order valence-corrected chi connectivity index (χ2v) is 5.82. The summed E-state index contributed by atoms with van der Waals surface area (Å²) in [5.41, 5.74) is 0.482. The number of rotatable bonds is 5. The number of aliphatic hydroxyl groups excluding tert-OH is 1. The lowest BCUT2D eigenvalue weighted by molar-refractivity contribution is 0.231. The Morgan fingerprint density at radius 1 is 1.33 bits per heavy atom. The van der Waals surface area contributed by atoms with Gasteiger partial charge in [0, 0.05) is 19.2 Å². The molecule has 0 aromatic heterocycles. The van der Waals surface area contributed by atoms with Gasteiger partial charge in [-0.1, -0.05) is 19.8 Å². The molecule has 0 amide bonds. The summed E-state index contributed by atoms with van der Waals surface area (Å²) in [4.78, 5) is 0. The summed E-state index contributed by atoms with van der Waals surface area (Å²) in [6.45, 7) is 3.88. The lowest BCUT2D eigenvalue weighted by Gasteiger charge is -2.29. The second kappa shape index (κ2) is 4.84. The smallest absolute Gasteiger partial charge is 0.0436 e. The molecular weight excluding hydrogens is 186 g/mol. The van der Waals surface area contributed by atoms with Crippen molar-refractivity contribution in [2.45, 2.75) is 57.9 Å². The van der Waals surface area contributed by atoms with Crippen LogP contribution in [-0.4, -0.2) is 24.3 Å². The fraction of sp³-hybridized carbons (Fsp3) is 1.00. The molecule has 2 unspecified atom stereocenters. The molecule has 2 N–H and O–H groups in total. The topological polar surface area (TPSA) is 32.3 Å². The summed E-state index contributed by atoms with van der Waals surface area (Å²) in [5.74, 6) is 0.907. The Balaban J connectivity index is 1.68. The van der Waals surface area contributed by atoms with Crippen LogP contribution in [0.15, 0.2) is 0 Å². The van der Waals surface area contributed by atoms with E-state index in [9.17, 15) is 0 Å². The third kappa shape index (κ3) is 3.18. The highest BCUT2D eigenvalue weighted by Gasteiger charge is 2.41. The van der Waals surface area contributed by atoms with E-state index in [-0.39, 0.29) is 0 Å². The van der Waals surface area contributed by atoms with Gasteiger partial charge in [-0.15, -0.1) is 0 Å². The van der Waals surface area contributed by atoms with E-state index in [0.717, 1.165) is 24.9 Å². The maximum atomic E-state index is 8.99. The van der Waals surface area contributed by atoms with Gasteiger partial charge in [-0.25, -0.2) is 0 Å². The van der Waals surface area contributed by atoms with Crippen LogP contribution in [0.5, 0.6) is 0 Å². The molecule has 0 spiro atoms. The van der Waals surface area contributed by atoms with Crippen LogP contribution in [0.4, 0.5) is 0 Å². The lowest BCUT2D eigenvalue weighted by Crippen LogP contribution is -2.37. The zero-order valence-corrected chi connectivity index (χ0v) is 9.97. The number of hydrogen-bond donors (Lipinski definition) is 2. The Labute approximate surface area is 93.5 Å². The average Bonchev–Trinajstić information content (AvgIpc) is 2.97. The van der Waals surface area contributed by atoms with Crippen molar-refractivity contribution in [2.24, 2.45) is 11.3 Å². The first-order valence-electron chi connectivity index (χ1n) is 6.58. The van der Waals surface area contributed by atoms with Gasteiger partial charge < -0.3 is 10.4 Å². The van der Waals surface area contributed by atoms with E-state index >= 15 is 0 Å². The van der Waals surface area contributed by atoms with Crippen molar-refractivity contribution in [1.29, 1.82) is 0 Å². The van der Waals surface area contributed by atoms with Crippen molar-refractivity contribution in [1.82, 2.24) is 5.32 Å². The molecule has 0 aliphatic heterocycles. The summed E-state index contributed by atoms with van der Waals surface area (Å²) in [7, 11) is 0. The van der Waals surface area contributed by atoms with Crippen molar-refractivity contribution >= 4 is 0 Å². The molecule has 2 heteroatoms. The highest BCUT2D eigenvalue weighted by Crippen LogP contribution is 2.48. The highest BCUT2D eigenvalue weighted by molar-refractivity contribution is 4.95. The largest absolute Gasteiger partial charge is 0.396 e. The predicted octanol–water partition coefficient (Wildman–Crippen LogP) is 2.32. The van der Waals surface area contributed by atoms with Gasteiger partial charge in [-0.3, -0.25) is 0 Å². The van der Waals surface area contributed by atoms with Gasteiger partial charge in [-0.05, 0) is 43.4 Å². The molecule has 2 fully saturated rings. The maximum absolute atomic E-state index is 8.99. The molecule has 0 bridgehead atoms. The highest BCUT2D eigenvalue weighted by atomic mass is 16.3. The van der Waals surface area contributed by atoms with E-state index in [4.69, 9.17) is 5.11 Å². The van der Waals surface area contributed by atoms with Crippen molar-refractivity contribution in [3.8, 4) is 0 Å². The normalized spacial score (nSPS) is 34.0.